The fraction of sp³-hybridized carbons (Fsp3) is 0.500. The molecule has 1 aliphatic rings. The van der Waals surface area contributed by atoms with Gasteiger partial charge in [-0.05, 0) is 37.0 Å². The van der Waals surface area contributed by atoms with E-state index in [0.717, 1.165) is 25.0 Å². The second kappa shape index (κ2) is 7.39. The molecule has 1 heterocycles. The number of nitrogens with zero attached hydrogens (tertiary/aromatic N) is 2. The summed E-state index contributed by atoms with van der Waals surface area (Å²) in [7, 11) is 3.44. The molecule has 0 radical (unpaired) electrons. The third-order valence-corrected chi connectivity index (χ3v) is 4.00. The van der Waals surface area contributed by atoms with Gasteiger partial charge in [-0.25, -0.2) is 13.6 Å². The van der Waals surface area contributed by atoms with Crippen LogP contribution in [0.5, 0.6) is 0 Å². The Labute approximate surface area is 134 Å². The van der Waals surface area contributed by atoms with Gasteiger partial charge >= 0.3 is 6.03 Å². The van der Waals surface area contributed by atoms with Crippen molar-refractivity contribution in [3.05, 3.63) is 35.4 Å². The van der Waals surface area contributed by atoms with Crippen LogP contribution in [-0.4, -0.2) is 55.5 Å². The van der Waals surface area contributed by atoms with E-state index in [4.69, 9.17) is 0 Å². The predicted molar refractivity (Wildman–Crippen MR) is 82.1 cm³/mol. The van der Waals surface area contributed by atoms with Crippen LogP contribution in [0.15, 0.2) is 18.2 Å². The molecule has 23 heavy (non-hydrogen) atoms. The van der Waals surface area contributed by atoms with Crippen molar-refractivity contribution >= 4 is 11.9 Å². The number of carbonyl (C=O) groups excluding carboxylic acids is 2. The molecule has 1 aliphatic heterocycles. The molecule has 0 unspecified atom stereocenters. The molecule has 0 bridgehead atoms. The Morgan fingerprint density at radius 2 is 1.87 bits per heavy atom. The highest BCUT2D eigenvalue weighted by atomic mass is 19.2. The molecule has 0 spiro atoms. The lowest BCUT2D eigenvalue weighted by molar-refractivity contribution is 0.0935. The van der Waals surface area contributed by atoms with E-state index in [1.807, 2.05) is 0 Å². The second-order valence-electron chi connectivity index (χ2n) is 5.95. The highest BCUT2D eigenvalue weighted by Crippen LogP contribution is 2.17. The molecule has 0 aromatic heterocycles. The molecule has 0 aliphatic carbocycles. The number of amides is 3. The summed E-state index contributed by atoms with van der Waals surface area (Å²) in [4.78, 5) is 27.1. The van der Waals surface area contributed by atoms with Crippen molar-refractivity contribution in [1.29, 1.82) is 0 Å². The second-order valence-corrected chi connectivity index (χ2v) is 5.95. The Hall–Kier alpha value is -2.18. The molecular formula is C16H21F2N3O2. The average Bonchev–Trinajstić information content (AvgIpc) is 2.54. The number of urea groups is 1. The van der Waals surface area contributed by atoms with E-state index in [1.165, 1.54) is 6.07 Å². The summed E-state index contributed by atoms with van der Waals surface area (Å²) < 4.78 is 26.0. The third kappa shape index (κ3) is 4.40. The van der Waals surface area contributed by atoms with Gasteiger partial charge < -0.3 is 15.1 Å². The van der Waals surface area contributed by atoms with E-state index in [1.54, 1.807) is 23.9 Å². The standard InChI is InChI=1S/C16H21F2N3O2/c1-20(2)16(23)21-7-5-11(6-8-21)10-19-15(22)12-3-4-13(17)14(18)9-12/h3-4,9,11H,5-8,10H2,1-2H3,(H,19,22). The fourth-order valence-electron chi connectivity index (χ4n) is 2.59. The molecule has 0 atom stereocenters. The van der Waals surface area contributed by atoms with E-state index in [-0.39, 0.29) is 17.5 Å². The van der Waals surface area contributed by atoms with Crippen LogP contribution in [0.3, 0.4) is 0 Å². The van der Waals surface area contributed by atoms with Crippen LogP contribution in [0.4, 0.5) is 13.6 Å². The largest absolute Gasteiger partial charge is 0.352 e. The molecule has 1 fully saturated rings. The Bertz CT molecular complexity index is 585. The predicted octanol–water partition coefficient (Wildman–Crippen LogP) is 2.09. The lowest BCUT2D eigenvalue weighted by atomic mass is 9.97. The van der Waals surface area contributed by atoms with Crippen LogP contribution in [0.25, 0.3) is 0 Å². The van der Waals surface area contributed by atoms with Gasteiger partial charge in [-0.1, -0.05) is 0 Å². The minimum absolute atomic E-state index is 0.00530. The molecular weight excluding hydrogens is 304 g/mol. The third-order valence-electron chi connectivity index (χ3n) is 4.00. The van der Waals surface area contributed by atoms with Gasteiger partial charge in [0.05, 0.1) is 0 Å². The highest BCUT2D eigenvalue weighted by molar-refractivity contribution is 5.94. The summed E-state index contributed by atoms with van der Waals surface area (Å²) in [5.74, 6) is -2.15. The van der Waals surface area contributed by atoms with E-state index in [2.05, 4.69) is 5.32 Å². The summed E-state index contributed by atoms with van der Waals surface area (Å²) >= 11 is 0. The van der Waals surface area contributed by atoms with Crippen molar-refractivity contribution in [1.82, 2.24) is 15.1 Å². The number of benzene rings is 1. The maximum atomic E-state index is 13.1. The fourth-order valence-corrected chi connectivity index (χ4v) is 2.59. The van der Waals surface area contributed by atoms with Gasteiger partial charge in [0.15, 0.2) is 11.6 Å². The maximum Gasteiger partial charge on any atom is 0.319 e. The minimum Gasteiger partial charge on any atom is -0.352 e. The van der Waals surface area contributed by atoms with E-state index in [0.29, 0.717) is 19.6 Å². The normalized spacial score (nSPS) is 15.4. The monoisotopic (exact) mass is 325 g/mol. The van der Waals surface area contributed by atoms with Crippen LogP contribution >= 0.6 is 0 Å². The van der Waals surface area contributed by atoms with Crippen LogP contribution in [0.2, 0.25) is 0 Å². The van der Waals surface area contributed by atoms with Crippen molar-refractivity contribution in [3.63, 3.8) is 0 Å². The number of hydrogen-bond donors (Lipinski definition) is 1. The van der Waals surface area contributed by atoms with Gasteiger partial charge in [0.2, 0.25) is 0 Å². The van der Waals surface area contributed by atoms with Gasteiger partial charge in [0, 0.05) is 39.3 Å². The van der Waals surface area contributed by atoms with Crippen LogP contribution < -0.4 is 5.32 Å². The van der Waals surface area contributed by atoms with Gasteiger partial charge in [0.25, 0.3) is 5.91 Å². The molecule has 7 heteroatoms. The summed E-state index contributed by atoms with van der Waals surface area (Å²) in [6, 6.07) is 3.08. The van der Waals surface area contributed by atoms with Crippen molar-refractivity contribution in [2.24, 2.45) is 5.92 Å². The Morgan fingerprint density at radius 1 is 1.22 bits per heavy atom. The Morgan fingerprint density at radius 3 is 2.43 bits per heavy atom. The van der Waals surface area contributed by atoms with Crippen LogP contribution in [-0.2, 0) is 0 Å². The van der Waals surface area contributed by atoms with Gasteiger partial charge in [-0.2, -0.15) is 0 Å². The first kappa shape index (κ1) is 17.2. The molecule has 1 aromatic carbocycles. The van der Waals surface area contributed by atoms with E-state index < -0.39 is 17.5 Å². The molecule has 0 saturated carbocycles. The number of rotatable bonds is 3. The van der Waals surface area contributed by atoms with Gasteiger partial charge in [-0.15, -0.1) is 0 Å². The van der Waals surface area contributed by atoms with Crippen molar-refractivity contribution in [2.75, 3.05) is 33.7 Å². The maximum absolute atomic E-state index is 13.1. The first-order valence-electron chi connectivity index (χ1n) is 7.58. The minimum atomic E-state index is -1.03. The lowest BCUT2D eigenvalue weighted by Crippen LogP contribution is -2.45. The van der Waals surface area contributed by atoms with Crippen LogP contribution in [0.1, 0.15) is 23.2 Å². The molecule has 1 N–H and O–H groups in total. The average molecular weight is 325 g/mol. The number of piperidine rings is 1. The Balaban J connectivity index is 1.80. The number of likely N-dealkylation sites (tertiary alicyclic amines) is 1. The zero-order valence-corrected chi connectivity index (χ0v) is 13.3. The van der Waals surface area contributed by atoms with Gasteiger partial charge in [0.1, 0.15) is 0 Å². The van der Waals surface area contributed by atoms with Crippen molar-refractivity contribution in [3.8, 4) is 0 Å². The number of carbonyl (C=O) groups is 2. The quantitative estimate of drug-likeness (QED) is 0.925. The Kier molecular flexibility index (Phi) is 5.52. The topological polar surface area (TPSA) is 52.7 Å². The number of nitrogens with one attached hydrogen (secondary N) is 1. The smallest absolute Gasteiger partial charge is 0.319 e. The summed E-state index contributed by atoms with van der Waals surface area (Å²) in [5, 5.41) is 2.74. The number of hydrogen-bond acceptors (Lipinski definition) is 2. The summed E-state index contributed by atoms with van der Waals surface area (Å²) in [6.07, 6.45) is 1.61. The zero-order chi connectivity index (χ0) is 17.0. The summed E-state index contributed by atoms with van der Waals surface area (Å²) in [5.41, 5.74) is 0.101. The van der Waals surface area contributed by atoms with Crippen molar-refractivity contribution < 1.29 is 18.4 Å². The molecule has 2 rings (SSSR count). The lowest BCUT2D eigenvalue weighted by Gasteiger charge is -2.33. The first-order chi connectivity index (χ1) is 10.9. The first-order valence-corrected chi connectivity index (χ1v) is 7.58. The molecule has 5 nitrogen and oxygen atoms in total. The molecule has 1 aromatic rings. The zero-order valence-electron chi connectivity index (χ0n) is 13.3. The van der Waals surface area contributed by atoms with Crippen molar-refractivity contribution in [2.45, 2.75) is 12.8 Å². The SMILES string of the molecule is CN(C)C(=O)N1CCC(CNC(=O)c2ccc(F)c(F)c2)CC1. The highest BCUT2D eigenvalue weighted by Gasteiger charge is 2.24. The van der Waals surface area contributed by atoms with Gasteiger partial charge in [-0.3, -0.25) is 4.79 Å². The van der Waals surface area contributed by atoms with E-state index >= 15 is 0 Å². The van der Waals surface area contributed by atoms with Crippen LogP contribution in [0, 0.1) is 17.6 Å². The number of halogens is 2. The molecule has 1 saturated heterocycles. The van der Waals surface area contributed by atoms with E-state index in [9.17, 15) is 18.4 Å². The molecule has 126 valence electrons. The summed E-state index contributed by atoms with van der Waals surface area (Å²) in [6.45, 7) is 1.77. The molecule has 3 amide bonds.